The normalized spacial score (nSPS) is 14.2. The third-order valence-electron chi connectivity index (χ3n) is 4.79. The molecule has 4 rings (SSSR count). The molecule has 0 bridgehead atoms. The van der Waals surface area contributed by atoms with Crippen molar-refractivity contribution in [2.75, 3.05) is 23.3 Å². The number of nitrogens with one attached hydrogen (secondary N) is 1. The van der Waals surface area contributed by atoms with E-state index in [4.69, 9.17) is 16.0 Å². The minimum atomic E-state index is -0.269. The Morgan fingerprint density at radius 2 is 1.74 bits per heavy atom. The van der Waals surface area contributed by atoms with E-state index >= 15 is 0 Å². The maximum Gasteiger partial charge on any atom is 0.291 e. The number of nitrogens with zero attached hydrogens (tertiary/aromatic N) is 1. The first-order valence-electron chi connectivity index (χ1n) is 9.21. The Balaban J connectivity index is 1.43. The molecule has 0 spiro atoms. The van der Waals surface area contributed by atoms with Gasteiger partial charge in [0.1, 0.15) is 5.76 Å². The Morgan fingerprint density at radius 1 is 0.963 bits per heavy atom. The van der Waals surface area contributed by atoms with Crippen molar-refractivity contribution in [1.29, 1.82) is 0 Å². The van der Waals surface area contributed by atoms with Crippen LogP contribution in [0.15, 0.2) is 65.1 Å². The van der Waals surface area contributed by atoms with Gasteiger partial charge in [0.25, 0.3) is 5.91 Å². The van der Waals surface area contributed by atoms with Gasteiger partial charge in [-0.1, -0.05) is 23.7 Å². The summed E-state index contributed by atoms with van der Waals surface area (Å²) in [6.45, 7) is 2.20. The number of furan rings is 1. The van der Waals surface area contributed by atoms with Crippen LogP contribution in [0.2, 0.25) is 5.02 Å². The largest absolute Gasteiger partial charge is 0.451 e. The third-order valence-corrected chi connectivity index (χ3v) is 5.02. The second kappa shape index (κ2) is 7.89. The van der Waals surface area contributed by atoms with E-state index in [0.29, 0.717) is 10.8 Å². The van der Waals surface area contributed by atoms with Crippen LogP contribution in [0, 0.1) is 0 Å². The Labute approximate surface area is 163 Å². The quantitative estimate of drug-likeness (QED) is 0.618. The van der Waals surface area contributed by atoms with Crippen LogP contribution in [0.25, 0.3) is 11.3 Å². The molecule has 1 saturated heterocycles. The van der Waals surface area contributed by atoms with Gasteiger partial charge in [0.2, 0.25) is 0 Å². The topological polar surface area (TPSA) is 45.5 Å². The van der Waals surface area contributed by atoms with Crippen molar-refractivity contribution >= 4 is 28.9 Å². The SMILES string of the molecule is O=C(Nc1ccc(N2CCCCC2)cc1)c1ccc(-c2cccc(Cl)c2)o1. The molecule has 0 unspecified atom stereocenters. The van der Waals surface area contributed by atoms with E-state index in [0.717, 1.165) is 24.3 Å². The van der Waals surface area contributed by atoms with Crippen LogP contribution in [0.3, 0.4) is 0 Å². The lowest BCUT2D eigenvalue weighted by Gasteiger charge is -2.28. The number of rotatable bonds is 4. The molecule has 138 valence electrons. The van der Waals surface area contributed by atoms with Gasteiger partial charge in [0, 0.05) is 35.1 Å². The molecular weight excluding hydrogens is 360 g/mol. The fourth-order valence-corrected chi connectivity index (χ4v) is 3.55. The summed E-state index contributed by atoms with van der Waals surface area (Å²) >= 11 is 6.02. The number of anilines is 2. The number of carbonyl (C=O) groups is 1. The Bertz CT molecular complexity index is 927. The molecule has 27 heavy (non-hydrogen) atoms. The zero-order valence-electron chi connectivity index (χ0n) is 15.0. The lowest BCUT2D eigenvalue weighted by molar-refractivity contribution is 0.0997. The minimum Gasteiger partial charge on any atom is -0.451 e. The van der Waals surface area contributed by atoms with Crippen LogP contribution in [-0.2, 0) is 0 Å². The van der Waals surface area contributed by atoms with Gasteiger partial charge >= 0.3 is 0 Å². The summed E-state index contributed by atoms with van der Waals surface area (Å²) in [5.74, 6) is 0.613. The van der Waals surface area contributed by atoms with Gasteiger partial charge in [-0.3, -0.25) is 4.79 Å². The molecule has 2 heterocycles. The predicted molar refractivity (Wildman–Crippen MR) is 110 cm³/mol. The van der Waals surface area contributed by atoms with Crippen molar-refractivity contribution in [3.05, 3.63) is 71.4 Å². The molecule has 1 aromatic heterocycles. The monoisotopic (exact) mass is 380 g/mol. The van der Waals surface area contributed by atoms with Gasteiger partial charge in [-0.05, 0) is 67.8 Å². The molecule has 0 saturated carbocycles. The summed E-state index contributed by atoms with van der Waals surface area (Å²) in [6.07, 6.45) is 3.79. The zero-order valence-corrected chi connectivity index (χ0v) is 15.7. The number of benzene rings is 2. The van der Waals surface area contributed by atoms with Gasteiger partial charge < -0.3 is 14.6 Å². The lowest BCUT2D eigenvalue weighted by atomic mass is 10.1. The molecule has 1 aliphatic heterocycles. The van der Waals surface area contributed by atoms with Crippen molar-refractivity contribution in [1.82, 2.24) is 0 Å². The first-order chi connectivity index (χ1) is 13.2. The second-order valence-corrected chi connectivity index (χ2v) is 7.16. The van der Waals surface area contributed by atoms with Crippen LogP contribution < -0.4 is 10.2 Å². The van der Waals surface area contributed by atoms with Crippen LogP contribution >= 0.6 is 11.6 Å². The average Bonchev–Trinajstić information content (AvgIpc) is 3.20. The summed E-state index contributed by atoms with van der Waals surface area (Å²) in [7, 11) is 0. The van der Waals surface area contributed by atoms with E-state index in [2.05, 4.69) is 22.3 Å². The Morgan fingerprint density at radius 3 is 2.48 bits per heavy atom. The van der Waals surface area contributed by atoms with Crippen LogP contribution in [0.5, 0.6) is 0 Å². The molecule has 0 aliphatic carbocycles. The summed E-state index contributed by atoms with van der Waals surface area (Å²) < 4.78 is 5.70. The average molecular weight is 381 g/mol. The molecular formula is C22H21ClN2O2. The molecule has 1 aliphatic rings. The number of halogens is 1. The maximum atomic E-state index is 12.5. The van der Waals surface area contributed by atoms with Crippen LogP contribution in [0.1, 0.15) is 29.8 Å². The lowest BCUT2D eigenvalue weighted by Crippen LogP contribution is -2.29. The van der Waals surface area contributed by atoms with E-state index in [1.165, 1.54) is 24.9 Å². The van der Waals surface area contributed by atoms with Crippen molar-refractivity contribution < 1.29 is 9.21 Å². The predicted octanol–water partition coefficient (Wildman–Crippen LogP) is 5.84. The molecule has 1 N–H and O–H groups in total. The molecule has 4 nitrogen and oxygen atoms in total. The highest BCUT2D eigenvalue weighted by Gasteiger charge is 2.14. The molecule has 3 aromatic rings. The fraction of sp³-hybridized carbons (Fsp3) is 0.227. The Kier molecular flexibility index (Phi) is 5.16. The van der Waals surface area contributed by atoms with Crippen molar-refractivity contribution in [3.8, 4) is 11.3 Å². The second-order valence-electron chi connectivity index (χ2n) is 6.72. The van der Waals surface area contributed by atoms with Gasteiger partial charge in [-0.25, -0.2) is 0 Å². The van der Waals surface area contributed by atoms with E-state index in [-0.39, 0.29) is 11.7 Å². The zero-order chi connectivity index (χ0) is 18.6. The maximum absolute atomic E-state index is 12.5. The Hall–Kier alpha value is -2.72. The van der Waals surface area contributed by atoms with Crippen molar-refractivity contribution in [2.24, 2.45) is 0 Å². The van der Waals surface area contributed by atoms with Gasteiger partial charge in [-0.15, -0.1) is 0 Å². The van der Waals surface area contributed by atoms with Crippen LogP contribution in [0.4, 0.5) is 11.4 Å². The third kappa shape index (κ3) is 4.17. The smallest absolute Gasteiger partial charge is 0.291 e. The highest BCUT2D eigenvalue weighted by atomic mass is 35.5. The first kappa shape index (κ1) is 17.7. The summed E-state index contributed by atoms with van der Waals surface area (Å²) in [5.41, 5.74) is 2.79. The fourth-order valence-electron chi connectivity index (χ4n) is 3.36. The summed E-state index contributed by atoms with van der Waals surface area (Å²) in [4.78, 5) is 14.9. The first-order valence-corrected chi connectivity index (χ1v) is 9.59. The van der Waals surface area contributed by atoms with Crippen molar-refractivity contribution in [3.63, 3.8) is 0 Å². The number of amides is 1. The molecule has 5 heteroatoms. The highest BCUT2D eigenvalue weighted by Crippen LogP contribution is 2.26. The summed E-state index contributed by atoms with van der Waals surface area (Å²) in [6, 6.07) is 18.8. The minimum absolute atomic E-state index is 0.269. The van der Waals surface area contributed by atoms with E-state index in [1.807, 2.05) is 24.3 Å². The molecule has 0 radical (unpaired) electrons. The standard InChI is InChI=1S/C22H21ClN2O2/c23-17-6-4-5-16(15-17)20-11-12-21(27-20)22(26)24-18-7-9-19(10-8-18)25-13-2-1-3-14-25/h4-12,15H,1-3,13-14H2,(H,24,26). The number of carbonyl (C=O) groups excluding carboxylic acids is 1. The summed E-state index contributed by atoms with van der Waals surface area (Å²) in [5, 5.41) is 3.52. The van der Waals surface area contributed by atoms with Crippen LogP contribution in [-0.4, -0.2) is 19.0 Å². The number of hydrogen-bond donors (Lipinski definition) is 1. The molecule has 1 fully saturated rings. The van der Waals surface area contributed by atoms with E-state index in [9.17, 15) is 4.79 Å². The van der Waals surface area contributed by atoms with E-state index < -0.39 is 0 Å². The van der Waals surface area contributed by atoms with Gasteiger partial charge in [0.05, 0.1) is 0 Å². The highest BCUT2D eigenvalue weighted by molar-refractivity contribution is 6.30. The van der Waals surface area contributed by atoms with Gasteiger partial charge in [-0.2, -0.15) is 0 Å². The number of piperidine rings is 1. The molecule has 0 atom stereocenters. The number of hydrogen-bond acceptors (Lipinski definition) is 3. The molecule has 1 amide bonds. The molecule has 2 aromatic carbocycles. The van der Waals surface area contributed by atoms with Crippen molar-refractivity contribution in [2.45, 2.75) is 19.3 Å². The van der Waals surface area contributed by atoms with Gasteiger partial charge in [0.15, 0.2) is 5.76 Å². The van der Waals surface area contributed by atoms with E-state index in [1.54, 1.807) is 24.3 Å².